The Morgan fingerprint density at radius 1 is 1.13 bits per heavy atom. The first-order valence-corrected chi connectivity index (χ1v) is 5.53. The lowest BCUT2D eigenvalue weighted by Crippen LogP contribution is -2.28. The van der Waals surface area contributed by atoms with Crippen LogP contribution < -0.4 is 5.32 Å². The number of hydrogen-bond acceptors (Lipinski definition) is 2. The van der Waals surface area contributed by atoms with Gasteiger partial charge in [0.25, 0.3) is 0 Å². The summed E-state index contributed by atoms with van der Waals surface area (Å²) in [7, 11) is 0. The number of carbonyl (C=O) groups is 2. The summed E-state index contributed by atoms with van der Waals surface area (Å²) in [5, 5.41) is 11.2. The first-order valence-electron chi connectivity index (χ1n) is 5.53. The molecule has 0 radical (unpaired) electrons. The van der Waals surface area contributed by atoms with Gasteiger partial charge in [-0.3, -0.25) is 9.59 Å². The smallest absolute Gasteiger partial charge is 0.303 e. The Balaban J connectivity index is 3.18. The van der Waals surface area contributed by atoms with Gasteiger partial charge in [-0.25, -0.2) is 0 Å². The molecule has 0 fully saturated rings. The summed E-state index contributed by atoms with van der Waals surface area (Å²) in [6.07, 6.45) is 3.80. The van der Waals surface area contributed by atoms with Gasteiger partial charge in [0.15, 0.2) is 0 Å². The Morgan fingerprint density at radius 2 is 1.73 bits per heavy atom. The summed E-state index contributed by atoms with van der Waals surface area (Å²) in [5.74, 6) is -0.611. The molecule has 0 atom stereocenters. The molecule has 0 aliphatic heterocycles. The van der Waals surface area contributed by atoms with Gasteiger partial charge in [0, 0.05) is 18.9 Å². The number of carboxylic acids is 1. The lowest BCUT2D eigenvalue weighted by atomic mass is 10.1. The highest BCUT2D eigenvalue weighted by atomic mass is 16.4. The Morgan fingerprint density at radius 3 is 2.27 bits per heavy atom. The first kappa shape index (κ1) is 13.9. The molecule has 0 aliphatic rings. The van der Waals surface area contributed by atoms with Crippen molar-refractivity contribution in [3.63, 3.8) is 0 Å². The van der Waals surface area contributed by atoms with Crippen LogP contribution in [0.5, 0.6) is 0 Å². The third-order valence-electron chi connectivity index (χ3n) is 2.14. The maximum Gasteiger partial charge on any atom is 0.303 e. The van der Waals surface area contributed by atoms with Gasteiger partial charge in [-0.15, -0.1) is 0 Å². The zero-order valence-electron chi connectivity index (χ0n) is 9.58. The van der Waals surface area contributed by atoms with E-state index in [1.807, 2.05) is 13.8 Å². The molecule has 4 heteroatoms. The molecule has 1 amide bonds. The van der Waals surface area contributed by atoms with E-state index in [1.54, 1.807) is 0 Å². The summed E-state index contributed by atoms with van der Waals surface area (Å²) in [6, 6.07) is 0. The van der Waals surface area contributed by atoms with E-state index in [-0.39, 0.29) is 18.2 Å². The van der Waals surface area contributed by atoms with Gasteiger partial charge in [0.1, 0.15) is 0 Å². The van der Waals surface area contributed by atoms with Crippen LogP contribution in [0.3, 0.4) is 0 Å². The Hall–Kier alpha value is -1.06. The minimum Gasteiger partial charge on any atom is -0.481 e. The van der Waals surface area contributed by atoms with Crippen LogP contribution in [0, 0.1) is 5.92 Å². The van der Waals surface area contributed by atoms with Crippen molar-refractivity contribution in [2.45, 2.75) is 46.0 Å². The topological polar surface area (TPSA) is 66.4 Å². The zero-order valence-corrected chi connectivity index (χ0v) is 9.58. The molecule has 0 aliphatic carbocycles. The van der Waals surface area contributed by atoms with Crippen molar-refractivity contribution in [1.82, 2.24) is 5.32 Å². The molecule has 2 N–H and O–H groups in total. The summed E-state index contributed by atoms with van der Waals surface area (Å²) in [6.45, 7) is 4.43. The predicted octanol–water partition coefficient (Wildman–Crippen LogP) is 1.79. The molecule has 0 bridgehead atoms. The van der Waals surface area contributed by atoms with Crippen molar-refractivity contribution in [1.29, 1.82) is 0 Å². The van der Waals surface area contributed by atoms with Crippen molar-refractivity contribution >= 4 is 11.9 Å². The number of amides is 1. The maximum absolute atomic E-state index is 11.1. The van der Waals surface area contributed by atoms with Gasteiger partial charge in [0.05, 0.1) is 0 Å². The summed E-state index contributed by atoms with van der Waals surface area (Å²) in [5.41, 5.74) is 0. The number of hydrogen-bond donors (Lipinski definition) is 2. The molecular weight excluding hydrogens is 194 g/mol. The predicted molar refractivity (Wildman–Crippen MR) is 58.6 cm³/mol. The van der Waals surface area contributed by atoms with Crippen LogP contribution in [0.2, 0.25) is 0 Å². The van der Waals surface area contributed by atoms with Crippen LogP contribution in [-0.4, -0.2) is 23.5 Å². The number of nitrogens with one attached hydrogen (secondary N) is 1. The fourth-order valence-corrected chi connectivity index (χ4v) is 1.17. The van der Waals surface area contributed by atoms with Crippen LogP contribution in [0.4, 0.5) is 0 Å². The summed E-state index contributed by atoms with van der Waals surface area (Å²) >= 11 is 0. The monoisotopic (exact) mass is 215 g/mol. The van der Waals surface area contributed by atoms with Crippen LogP contribution in [-0.2, 0) is 9.59 Å². The molecule has 0 spiro atoms. The van der Waals surface area contributed by atoms with Crippen molar-refractivity contribution in [3.05, 3.63) is 0 Å². The second-order valence-electron chi connectivity index (χ2n) is 4.00. The fourth-order valence-electron chi connectivity index (χ4n) is 1.17. The minimum absolute atomic E-state index is 0.0389. The molecule has 0 aromatic heterocycles. The van der Waals surface area contributed by atoms with E-state index < -0.39 is 5.97 Å². The second kappa shape index (κ2) is 8.26. The summed E-state index contributed by atoms with van der Waals surface area (Å²) < 4.78 is 0. The van der Waals surface area contributed by atoms with E-state index in [0.29, 0.717) is 6.54 Å². The molecule has 15 heavy (non-hydrogen) atoms. The molecule has 0 saturated heterocycles. The highest BCUT2D eigenvalue weighted by Gasteiger charge is 2.04. The number of carbonyl (C=O) groups excluding carboxylic acids is 1. The molecule has 0 saturated carbocycles. The highest BCUT2D eigenvalue weighted by Crippen LogP contribution is 2.02. The molecular formula is C11H21NO3. The largest absolute Gasteiger partial charge is 0.481 e. The number of carboxylic acid groups (broad SMARTS) is 1. The molecule has 4 nitrogen and oxygen atoms in total. The van der Waals surface area contributed by atoms with Gasteiger partial charge >= 0.3 is 5.97 Å². The lowest BCUT2D eigenvalue weighted by Gasteiger charge is -2.06. The lowest BCUT2D eigenvalue weighted by molar-refractivity contribution is -0.137. The minimum atomic E-state index is -0.733. The highest BCUT2D eigenvalue weighted by molar-refractivity contribution is 5.77. The third-order valence-corrected chi connectivity index (χ3v) is 2.14. The SMILES string of the molecule is CC(C)C(=O)NCCCCCCC(=O)O. The average molecular weight is 215 g/mol. The number of unbranched alkanes of at least 4 members (excludes halogenated alkanes) is 3. The fraction of sp³-hybridized carbons (Fsp3) is 0.818. The van der Waals surface area contributed by atoms with E-state index in [4.69, 9.17) is 5.11 Å². The maximum atomic E-state index is 11.1. The Bertz CT molecular complexity index is 202. The van der Waals surface area contributed by atoms with Gasteiger partial charge in [-0.1, -0.05) is 26.7 Å². The van der Waals surface area contributed by atoms with Gasteiger partial charge in [-0.05, 0) is 12.8 Å². The van der Waals surface area contributed by atoms with Gasteiger partial charge in [0.2, 0.25) is 5.91 Å². The van der Waals surface area contributed by atoms with E-state index in [9.17, 15) is 9.59 Å². The Labute approximate surface area is 91.1 Å². The van der Waals surface area contributed by atoms with Crippen LogP contribution in [0.1, 0.15) is 46.0 Å². The molecule has 0 rings (SSSR count). The van der Waals surface area contributed by atoms with Crippen LogP contribution in [0.25, 0.3) is 0 Å². The van der Waals surface area contributed by atoms with E-state index in [1.165, 1.54) is 0 Å². The second-order valence-corrected chi connectivity index (χ2v) is 4.00. The zero-order chi connectivity index (χ0) is 11.7. The standard InChI is InChI=1S/C11H21NO3/c1-9(2)11(15)12-8-6-4-3-5-7-10(13)14/h9H,3-8H2,1-2H3,(H,12,15)(H,13,14). The average Bonchev–Trinajstić information content (AvgIpc) is 2.15. The van der Waals surface area contributed by atoms with E-state index in [0.717, 1.165) is 25.7 Å². The molecule has 88 valence electrons. The van der Waals surface area contributed by atoms with E-state index in [2.05, 4.69) is 5.32 Å². The molecule has 0 aromatic rings. The normalized spacial score (nSPS) is 10.3. The molecule has 0 aromatic carbocycles. The van der Waals surface area contributed by atoms with Crippen molar-refractivity contribution < 1.29 is 14.7 Å². The molecule has 0 unspecified atom stereocenters. The van der Waals surface area contributed by atoms with Crippen molar-refractivity contribution in [2.75, 3.05) is 6.54 Å². The quantitative estimate of drug-likeness (QED) is 0.607. The number of rotatable bonds is 8. The first-order chi connectivity index (χ1) is 7.04. The van der Waals surface area contributed by atoms with Gasteiger partial charge < -0.3 is 10.4 Å². The number of aliphatic carboxylic acids is 1. The third kappa shape index (κ3) is 9.25. The van der Waals surface area contributed by atoms with E-state index >= 15 is 0 Å². The van der Waals surface area contributed by atoms with Crippen LogP contribution >= 0.6 is 0 Å². The molecule has 0 heterocycles. The van der Waals surface area contributed by atoms with Crippen molar-refractivity contribution in [3.8, 4) is 0 Å². The Kier molecular flexibility index (Phi) is 7.68. The van der Waals surface area contributed by atoms with Crippen LogP contribution in [0.15, 0.2) is 0 Å². The van der Waals surface area contributed by atoms with Gasteiger partial charge in [-0.2, -0.15) is 0 Å². The van der Waals surface area contributed by atoms with Crippen molar-refractivity contribution in [2.24, 2.45) is 5.92 Å². The summed E-state index contributed by atoms with van der Waals surface area (Å²) in [4.78, 5) is 21.3.